The van der Waals surface area contributed by atoms with E-state index in [-0.39, 0.29) is 11.7 Å². The van der Waals surface area contributed by atoms with Crippen LogP contribution in [0.15, 0.2) is 29.4 Å². The molecule has 1 aliphatic rings. The Hall–Kier alpha value is -2.06. The van der Waals surface area contributed by atoms with Crippen molar-refractivity contribution in [1.82, 2.24) is 19.7 Å². The number of aromatic nitrogens is 3. The van der Waals surface area contributed by atoms with Crippen LogP contribution < -0.4 is 0 Å². The van der Waals surface area contributed by atoms with Crippen molar-refractivity contribution < 1.29 is 14.3 Å². The lowest BCUT2D eigenvalue weighted by molar-refractivity contribution is -0.156. The minimum atomic E-state index is -0.764. The molecule has 1 aromatic carbocycles. The molecule has 3 rings (SSSR count). The summed E-state index contributed by atoms with van der Waals surface area (Å²) in [4.78, 5) is 26.2. The molecule has 1 fully saturated rings. The Balaban J connectivity index is 1.58. The third-order valence-electron chi connectivity index (χ3n) is 4.53. The van der Waals surface area contributed by atoms with E-state index in [1.54, 1.807) is 24.0 Å². The zero-order valence-electron chi connectivity index (χ0n) is 15.9. The highest BCUT2D eigenvalue weighted by Crippen LogP contribution is 2.25. The number of carbonyl (C=O) groups excluding carboxylic acids is 2. The number of ether oxygens (including phenoxy) is 1. The number of hydrogen-bond acceptors (Lipinski definition) is 6. The highest BCUT2D eigenvalue weighted by molar-refractivity contribution is 7.99. The fourth-order valence-corrected chi connectivity index (χ4v) is 4.00. The average Bonchev–Trinajstić information content (AvgIpc) is 3.36. The van der Waals surface area contributed by atoms with Gasteiger partial charge in [0.05, 0.1) is 5.75 Å². The minimum Gasteiger partial charge on any atom is -0.452 e. The number of nitrogens with zero attached hydrogens (tertiary/aromatic N) is 4. The molecule has 7 nitrogen and oxygen atoms in total. The van der Waals surface area contributed by atoms with Gasteiger partial charge >= 0.3 is 5.97 Å². The average molecular weight is 423 g/mol. The van der Waals surface area contributed by atoms with Gasteiger partial charge in [-0.1, -0.05) is 23.4 Å². The molecule has 0 saturated carbocycles. The largest absolute Gasteiger partial charge is 0.452 e. The van der Waals surface area contributed by atoms with Gasteiger partial charge in [0.15, 0.2) is 17.1 Å². The van der Waals surface area contributed by atoms with Gasteiger partial charge in [0, 0.05) is 30.2 Å². The number of benzene rings is 1. The van der Waals surface area contributed by atoms with E-state index in [4.69, 9.17) is 16.3 Å². The lowest BCUT2D eigenvalue weighted by Gasteiger charge is -2.20. The summed E-state index contributed by atoms with van der Waals surface area (Å²) < 4.78 is 7.23. The van der Waals surface area contributed by atoms with E-state index in [0.29, 0.717) is 22.5 Å². The number of carbonyl (C=O) groups is 2. The maximum absolute atomic E-state index is 12.2. The molecule has 0 spiro atoms. The maximum Gasteiger partial charge on any atom is 0.317 e. The fourth-order valence-electron chi connectivity index (χ4n) is 3.09. The molecule has 28 heavy (non-hydrogen) atoms. The minimum absolute atomic E-state index is 0.0658. The number of hydrogen-bond donors (Lipinski definition) is 0. The van der Waals surface area contributed by atoms with Crippen LogP contribution in [0.4, 0.5) is 0 Å². The van der Waals surface area contributed by atoms with Crippen LogP contribution in [0.2, 0.25) is 5.02 Å². The van der Waals surface area contributed by atoms with Crippen molar-refractivity contribution in [2.24, 2.45) is 0 Å². The molecule has 1 saturated heterocycles. The summed E-state index contributed by atoms with van der Waals surface area (Å²) in [7, 11) is 0. The monoisotopic (exact) mass is 422 g/mol. The summed E-state index contributed by atoms with van der Waals surface area (Å²) in [6.45, 7) is 5.75. The Morgan fingerprint density at radius 3 is 2.54 bits per heavy atom. The van der Waals surface area contributed by atoms with Gasteiger partial charge in [-0.3, -0.25) is 9.59 Å². The fraction of sp³-hybridized carbons (Fsp3) is 0.474. The summed E-state index contributed by atoms with van der Waals surface area (Å²) in [5.74, 6) is 0.213. The highest BCUT2D eigenvalue weighted by Gasteiger charge is 2.26. The number of thioether (sulfide) groups is 1. The third kappa shape index (κ3) is 4.86. The lowest BCUT2D eigenvalue weighted by Crippen LogP contribution is -2.38. The molecule has 0 radical (unpaired) electrons. The molecule has 2 heterocycles. The van der Waals surface area contributed by atoms with Crippen molar-refractivity contribution in [2.45, 2.75) is 44.5 Å². The molecule has 0 aliphatic carbocycles. The molecular formula is C19H23ClN4O3S. The molecule has 0 bridgehead atoms. The van der Waals surface area contributed by atoms with Crippen molar-refractivity contribution in [3.63, 3.8) is 0 Å². The topological polar surface area (TPSA) is 77.3 Å². The number of halogens is 1. The number of amides is 1. The number of esters is 1. The molecule has 1 amide bonds. The van der Waals surface area contributed by atoms with Crippen LogP contribution in [0.3, 0.4) is 0 Å². The Morgan fingerprint density at radius 1 is 1.21 bits per heavy atom. The van der Waals surface area contributed by atoms with Gasteiger partial charge in [0.25, 0.3) is 5.91 Å². The quantitative estimate of drug-likeness (QED) is 0.503. The van der Waals surface area contributed by atoms with Gasteiger partial charge in [-0.15, -0.1) is 10.2 Å². The summed E-state index contributed by atoms with van der Waals surface area (Å²) >= 11 is 7.19. The summed E-state index contributed by atoms with van der Waals surface area (Å²) in [6.07, 6.45) is 1.25. The van der Waals surface area contributed by atoms with Gasteiger partial charge in [-0.05, 0) is 51.0 Å². The first kappa shape index (κ1) is 20.7. The normalized spacial score (nSPS) is 14.9. The Labute approximate surface area is 173 Å². The Morgan fingerprint density at radius 2 is 1.89 bits per heavy atom. The van der Waals surface area contributed by atoms with Gasteiger partial charge in [-0.2, -0.15) is 0 Å². The third-order valence-corrected chi connectivity index (χ3v) is 5.72. The van der Waals surface area contributed by atoms with E-state index >= 15 is 0 Å². The standard InChI is InChI=1S/C19H23ClN4O3S/c1-3-24-17(14-6-8-15(20)9-7-14)21-22-19(24)28-12-16(25)27-13(2)18(26)23-10-4-5-11-23/h6-9,13H,3-5,10-12H2,1-2H3/t13-/m0/s1. The highest BCUT2D eigenvalue weighted by atomic mass is 35.5. The Bertz CT molecular complexity index is 834. The lowest BCUT2D eigenvalue weighted by atomic mass is 10.2. The predicted octanol–water partition coefficient (Wildman–Crippen LogP) is 3.26. The zero-order valence-corrected chi connectivity index (χ0v) is 17.5. The summed E-state index contributed by atoms with van der Waals surface area (Å²) in [5, 5.41) is 9.72. The molecule has 1 atom stereocenters. The molecule has 1 aromatic heterocycles. The molecule has 1 aliphatic heterocycles. The van der Waals surface area contributed by atoms with Gasteiger partial charge < -0.3 is 14.2 Å². The zero-order chi connectivity index (χ0) is 20.1. The van der Waals surface area contributed by atoms with Crippen LogP contribution in [0.5, 0.6) is 0 Å². The van der Waals surface area contributed by atoms with Gasteiger partial charge in [0.2, 0.25) is 0 Å². The van der Waals surface area contributed by atoms with Crippen LogP contribution >= 0.6 is 23.4 Å². The molecule has 2 aromatic rings. The Kier molecular flexibility index (Phi) is 6.96. The van der Waals surface area contributed by atoms with Crippen molar-refractivity contribution in [3.8, 4) is 11.4 Å². The van der Waals surface area contributed by atoms with Crippen molar-refractivity contribution in [3.05, 3.63) is 29.3 Å². The second-order valence-electron chi connectivity index (χ2n) is 6.51. The van der Waals surface area contributed by atoms with Crippen molar-refractivity contribution in [1.29, 1.82) is 0 Å². The van der Waals surface area contributed by atoms with Gasteiger partial charge in [-0.25, -0.2) is 0 Å². The van der Waals surface area contributed by atoms with Crippen LogP contribution in [0, 0.1) is 0 Å². The second-order valence-corrected chi connectivity index (χ2v) is 7.89. The van der Waals surface area contributed by atoms with Gasteiger partial charge in [0.1, 0.15) is 0 Å². The predicted molar refractivity (Wildman–Crippen MR) is 108 cm³/mol. The van der Waals surface area contributed by atoms with E-state index in [9.17, 15) is 9.59 Å². The summed E-state index contributed by atoms with van der Waals surface area (Å²) in [5.41, 5.74) is 0.901. The molecule has 150 valence electrons. The summed E-state index contributed by atoms with van der Waals surface area (Å²) in [6, 6.07) is 7.36. The van der Waals surface area contributed by atoms with Crippen LogP contribution in [0.25, 0.3) is 11.4 Å². The molecule has 0 unspecified atom stereocenters. The molecular weight excluding hydrogens is 400 g/mol. The first-order valence-electron chi connectivity index (χ1n) is 9.29. The van der Waals surface area contributed by atoms with Crippen LogP contribution in [0.1, 0.15) is 26.7 Å². The number of likely N-dealkylation sites (tertiary alicyclic amines) is 1. The van der Waals surface area contributed by atoms with Crippen LogP contribution in [-0.4, -0.2) is 56.5 Å². The second kappa shape index (κ2) is 9.43. The van der Waals surface area contributed by atoms with Crippen molar-refractivity contribution >= 4 is 35.2 Å². The van der Waals surface area contributed by atoms with E-state index in [2.05, 4.69) is 10.2 Å². The molecule has 9 heteroatoms. The maximum atomic E-state index is 12.2. The number of rotatable bonds is 7. The van der Waals surface area contributed by atoms with Crippen molar-refractivity contribution in [2.75, 3.05) is 18.8 Å². The van der Waals surface area contributed by atoms with E-state index in [1.165, 1.54) is 11.8 Å². The molecule has 0 N–H and O–H groups in total. The first-order chi connectivity index (χ1) is 13.5. The van der Waals surface area contributed by atoms with Crippen LogP contribution in [-0.2, 0) is 20.9 Å². The SMILES string of the molecule is CCn1c(SCC(=O)O[C@@H](C)C(=O)N2CCCC2)nnc1-c1ccc(Cl)cc1. The van der Waals surface area contributed by atoms with E-state index in [1.807, 2.05) is 23.6 Å². The van der Waals surface area contributed by atoms with E-state index in [0.717, 1.165) is 31.5 Å². The smallest absolute Gasteiger partial charge is 0.317 e. The van der Waals surface area contributed by atoms with E-state index < -0.39 is 12.1 Å². The first-order valence-corrected chi connectivity index (χ1v) is 10.7.